The van der Waals surface area contributed by atoms with Crippen LogP contribution in [0.2, 0.25) is 0 Å². The van der Waals surface area contributed by atoms with Crippen LogP contribution >= 0.6 is 0 Å². The Morgan fingerprint density at radius 1 is 1.60 bits per heavy atom. The molecule has 5 heteroatoms. The van der Waals surface area contributed by atoms with E-state index < -0.39 is 17.4 Å². The fourth-order valence-corrected chi connectivity index (χ4v) is 1.54. The molecule has 0 amide bonds. The molecule has 0 saturated heterocycles. The van der Waals surface area contributed by atoms with Crippen LogP contribution in [0.5, 0.6) is 0 Å². The molecular formula is C10H18N2O3. The zero-order chi connectivity index (χ0) is 11.7. The predicted molar refractivity (Wildman–Crippen MR) is 56.6 cm³/mol. The van der Waals surface area contributed by atoms with E-state index in [-0.39, 0.29) is 0 Å². The Morgan fingerprint density at radius 3 is 2.67 bits per heavy atom. The van der Waals surface area contributed by atoms with Crippen molar-refractivity contribution in [2.45, 2.75) is 31.3 Å². The van der Waals surface area contributed by atoms with Crippen molar-refractivity contribution in [1.29, 1.82) is 0 Å². The molecule has 5 nitrogen and oxygen atoms in total. The summed E-state index contributed by atoms with van der Waals surface area (Å²) in [6.07, 6.45) is 4.07. The Morgan fingerprint density at radius 2 is 2.20 bits per heavy atom. The van der Waals surface area contributed by atoms with Crippen LogP contribution < -0.4 is 11.5 Å². The van der Waals surface area contributed by atoms with Gasteiger partial charge >= 0.3 is 0 Å². The number of hydrogen-bond donors (Lipinski definition) is 4. The predicted octanol–water partition coefficient (Wildman–Crippen LogP) is -0.798. The first-order valence-electron chi connectivity index (χ1n) is 4.83. The number of aliphatic hydroxyl groups is 2. The summed E-state index contributed by atoms with van der Waals surface area (Å²) in [5.74, 6) is -2.10. The first kappa shape index (κ1) is 12.2. The number of nitrogens with two attached hydrogens (primary N) is 2. The molecule has 2 atom stereocenters. The molecule has 15 heavy (non-hydrogen) atoms. The van der Waals surface area contributed by atoms with E-state index in [1.165, 1.54) is 13.0 Å². The van der Waals surface area contributed by atoms with Crippen molar-refractivity contribution in [3.63, 3.8) is 0 Å². The Balaban J connectivity index is 3.05. The van der Waals surface area contributed by atoms with Gasteiger partial charge in [-0.2, -0.15) is 0 Å². The van der Waals surface area contributed by atoms with Crippen LogP contribution in [0.15, 0.2) is 23.9 Å². The summed E-state index contributed by atoms with van der Waals surface area (Å²) in [5.41, 5.74) is 10.5. The monoisotopic (exact) mass is 214 g/mol. The molecule has 1 aliphatic rings. The van der Waals surface area contributed by atoms with Crippen LogP contribution in [0.1, 0.15) is 13.8 Å². The zero-order valence-corrected chi connectivity index (χ0v) is 8.97. The molecule has 0 aromatic carbocycles. The van der Waals surface area contributed by atoms with Crippen LogP contribution in [-0.4, -0.2) is 34.2 Å². The van der Waals surface area contributed by atoms with Crippen molar-refractivity contribution in [2.24, 2.45) is 11.5 Å². The van der Waals surface area contributed by atoms with E-state index in [4.69, 9.17) is 16.2 Å². The van der Waals surface area contributed by atoms with Gasteiger partial charge in [-0.3, -0.25) is 0 Å². The van der Waals surface area contributed by atoms with Crippen molar-refractivity contribution in [1.82, 2.24) is 0 Å². The van der Waals surface area contributed by atoms with E-state index in [1.54, 1.807) is 12.2 Å². The second-order valence-corrected chi connectivity index (χ2v) is 3.83. The van der Waals surface area contributed by atoms with Crippen LogP contribution in [0.4, 0.5) is 0 Å². The molecule has 0 heterocycles. The molecule has 2 unspecified atom stereocenters. The summed E-state index contributed by atoms with van der Waals surface area (Å²) < 4.78 is 5.34. The van der Waals surface area contributed by atoms with Gasteiger partial charge in [0.15, 0.2) is 5.79 Å². The third-order valence-electron chi connectivity index (χ3n) is 2.51. The van der Waals surface area contributed by atoms with Gasteiger partial charge in [-0.05, 0) is 26.0 Å². The number of rotatable bonds is 3. The maximum absolute atomic E-state index is 9.63. The Labute approximate surface area is 89.0 Å². The first-order chi connectivity index (χ1) is 6.81. The first-order valence-corrected chi connectivity index (χ1v) is 4.83. The highest BCUT2D eigenvalue weighted by Crippen LogP contribution is 2.29. The Bertz CT molecular complexity index is 294. The molecule has 0 aromatic rings. The van der Waals surface area contributed by atoms with Crippen LogP contribution in [0.25, 0.3) is 0 Å². The molecule has 0 bridgehead atoms. The smallest absolute Gasteiger partial charge is 0.184 e. The standard InChI is InChI=1S/C10H18N2O3/c1-3-15-8-5-4-7(11)6-10(8,12)9(2,13)14/h4-6,8,13-14H,3,11-12H2,1-2H3. The van der Waals surface area contributed by atoms with Gasteiger partial charge < -0.3 is 26.4 Å². The third-order valence-corrected chi connectivity index (χ3v) is 2.51. The molecular weight excluding hydrogens is 196 g/mol. The van der Waals surface area contributed by atoms with Crippen LogP contribution in [0, 0.1) is 0 Å². The average molecular weight is 214 g/mol. The quantitative estimate of drug-likeness (QED) is 0.461. The van der Waals surface area contributed by atoms with Gasteiger partial charge in [-0.25, -0.2) is 0 Å². The highest BCUT2D eigenvalue weighted by Gasteiger charge is 2.48. The minimum absolute atomic E-state index is 0.391. The van der Waals surface area contributed by atoms with Crippen molar-refractivity contribution >= 4 is 0 Å². The molecule has 6 N–H and O–H groups in total. The van der Waals surface area contributed by atoms with E-state index >= 15 is 0 Å². The fraction of sp³-hybridized carbons (Fsp3) is 0.600. The zero-order valence-electron chi connectivity index (χ0n) is 8.97. The third kappa shape index (κ3) is 2.21. The van der Waals surface area contributed by atoms with E-state index in [0.717, 1.165) is 0 Å². The van der Waals surface area contributed by atoms with Crippen LogP contribution in [0.3, 0.4) is 0 Å². The maximum Gasteiger partial charge on any atom is 0.184 e. The average Bonchev–Trinajstić information content (AvgIpc) is 2.08. The van der Waals surface area contributed by atoms with Gasteiger partial charge in [0.2, 0.25) is 0 Å². The van der Waals surface area contributed by atoms with E-state index in [1.807, 2.05) is 6.92 Å². The second kappa shape index (κ2) is 3.94. The molecule has 0 fully saturated rings. The SMILES string of the molecule is CCOC1C=CC(N)=CC1(N)C(C)(O)O. The number of allylic oxidation sites excluding steroid dienone is 1. The Hall–Kier alpha value is -0.880. The Kier molecular flexibility index (Phi) is 3.20. The topological polar surface area (TPSA) is 102 Å². The molecule has 1 rings (SSSR count). The summed E-state index contributed by atoms with van der Waals surface area (Å²) in [4.78, 5) is 0. The highest BCUT2D eigenvalue weighted by atomic mass is 16.5. The van der Waals surface area contributed by atoms with E-state index in [2.05, 4.69) is 0 Å². The summed E-state index contributed by atoms with van der Waals surface area (Å²) in [5, 5.41) is 19.3. The van der Waals surface area contributed by atoms with Crippen molar-refractivity contribution in [2.75, 3.05) is 6.61 Å². The summed E-state index contributed by atoms with van der Waals surface area (Å²) >= 11 is 0. The lowest BCUT2D eigenvalue weighted by molar-refractivity contribution is -0.204. The van der Waals surface area contributed by atoms with Gasteiger partial charge in [0.1, 0.15) is 11.6 Å². The summed E-state index contributed by atoms with van der Waals surface area (Å²) in [6, 6.07) is 0. The van der Waals surface area contributed by atoms with E-state index in [9.17, 15) is 10.2 Å². The molecule has 1 aliphatic carbocycles. The maximum atomic E-state index is 9.63. The molecule has 86 valence electrons. The molecule has 0 saturated carbocycles. The molecule has 0 aromatic heterocycles. The second-order valence-electron chi connectivity index (χ2n) is 3.83. The lowest BCUT2D eigenvalue weighted by atomic mass is 9.81. The van der Waals surface area contributed by atoms with Crippen LogP contribution in [-0.2, 0) is 4.74 Å². The number of ether oxygens (including phenoxy) is 1. The van der Waals surface area contributed by atoms with Crippen molar-refractivity contribution in [3.8, 4) is 0 Å². The minimum Gasteiger partial charge on any atom is -0.399 e. The van der Waals surface area contributed by atoms with Gasteiger partial charge in [-0.15, -0.1) is 0 Å². The van der Waals surface area contributed by atoms with Gasteiger partial charge in [-0.1, -0.05) is 6.08 Å². The summed E-state index contributed by atoms with van der Waals surface area (Å²) in [6.45, 7) is 3.45. The molecule has 0 radical (unpaired) electrons. The van der Waals surface area contributed by atoms with Gasteiger partial charge in [0.05, 0.1) is 0 Å². The van der Waals surface area contributed by atoms with Crippen molar-refractivity contribution in [3.05, 3.63) is 23.9 Å². The lowest BCUT2D eigenvalue weighted by Gasteiger charge is -2.42. The minimum atomic E-state index is -2.10. The lowest BCUT2D eigenvalue weighted by Crippen LogP contribution is -2.66. The normalized spacial score (nSPS) is 31.5. The highest BCUT2D eigenvalue weighted by molar-refractivity contribution is 5.33. The largest absolute Gasteiger partial charge is 0.399 e. The van der Waals surface area contributed by atoms with Gasteiger partial charge in [0.25, 0.3) is 0 Å². The fourth-order valence-electron chi connectivity index (χ4n) is 1.54. The van der Waals surface area contributed by atoms with Gasteiger partial charge in [0, 0.05) is 12.3 Å². The molecule has 0 aliphatic heterocycles. The van der Waals surface area contributed by atoms with Crippen molar-refractivity contribution < 1.29 is 14.9 Å². The molecule has 0 spiro atoms. The summed E-state index contributed by atoms with van der Waals surface area (Å²) in [7, 11) is 0. The van der Waals surface area contributed by atoms with E-state index in [0.29, 0.717) is 12.3 Å². The number of hydrogen-bond acceptors (Lipinski definition) is 5.